The molecule has 0 heterocycles. The van der Waals surface area contributed by atoms with E-state index in [0.717, 1.165) is 5.56 Å². The van der Waals surface area contributed by atoms with Crippen LogP contribution in [-0.2, 0) is 6.42 Å². The van der Waals surface area contributed by atoms with Crippen LogP contribution in [0.25, 0.3) is 0 Å². The zero-order valence-electron chi connectivity index (χ0n) is 8.00. The van der Waals surface area contributed by atoms with E-state index in [4.69, 9.17) is 0 Å². The Kier molecular flexibility index (Phi) is 5.10. The molecule has 0 saturated carbocycles. The van der Waals surface area contributed by atoms with E-state index in [9.17, 15) is 5.11 Å². The van der Waals surface area contributed by atoms with Crippen molar-refractivity contribution >= 4 is 0 Å². The van der Waals surface area contributed by atoms with Crippen LogP contribution in [0.4, 0.5) is 0 Å². The van der Waals surface area contributed by atoms with Crippen LogP contribution < -0.4 is 34.7 Å². The Hall–Kier alpha value is 0.180. The molecule has 2 heteroatoms. The van der Waals surface area contributed by atoms with Crippen molar-refractivity contribution in [3.8, 4) is 0 Å². The molecule has 0 atom stereocenters. The van der Waals surface area contributed by atoms with Gasteiger partial charge in [0.05, 0.1) is 0 Å². The van der Waals surface area contributed by atoms with Crippen molar-refractivity contribution in [2.75, 3.05) is 0 Å². The zero-order valence-corrected chi connectivity index (χ0v) is 10.0. The van der Waals surface area contributed by atoms with Crippen molar-refractivity contribution in [2.24, 2.45) is 0 Å². The van der Waals surface area contributed by atoms with E-state index in [2.05, 4.69) is 0 Å². The Bertz CT molecular complexity index is 213. The van der Waals surface area contributed by atoms with Gasteiger partial charge in [0, 0.05) is 0 Å². The monoisotopic (exact) mass is 172 g/mol. The van der Waals surface area contributed by atoms with Gasteiger partial charge in [-0.05, 0) is 12.0 Å². The van der Waals surface area contributed by atoms with Crippen molar-refractivity contribution in [1.29, 1.82) is 0 Å². The smallest absolute Gasteiger partial charge is 0.850 e. The number of hydrogen-bond donors (Lipinski definition) is 0. The zero-order chi connectivity index (χ0) is 8.32. The third-order valence-electron chi connectivity index (χ3n) is 1.47. The number of rotatable bonds is 2. The largest absolute Gasteiger partial charge is 1.00 e. The summed E-state index contributed by atoms with van der Waals surface area (Å²) in [5.74, 6) is 0. The quantitative estimate of drug-likeness (QED) is 0.491. The van der Waals surface area contributed by atoms with Gasteiger partial charge in [-0.2, -0.15) is 0 Å². The van der Waals surface area contributed by atoms with Crippen molar-refractivity contribution in [1.82, 2.24) is 0 Å². The van der Waals surface area contributed by atoms with Crippen molar-refractivity contribution < 1.29 is 34.7 Å². The van der Waals surface area contributed by atoms with E-state index >= 15 is 0 Å². The molecule has 0 fully saturated rings. The molecule has 0 spiro atoms. The third-order valence-corrected chi connectivity index (χ3v) is 1.47. The third kappa shape index (κ3) is 4.94. The van der Waals surface area contributed by atoms with Gasteiger partial charge in [0.1, 0.15) is 0 Å². The number of benzene rings is 1. The van der Waals surface area contributed by atoms with Gasteiger partial charge in [-0.1, -0.05) is 44.2 Å². The molecule has 0 aromatic heterocycles. The number of hydrogen-bond acceptors (Lipinski definition) is 1. The van der Waals surface area contributed by atoms with E-state index in [1.54, 1.807) is 13.8 Å². The Balaban J connectivity index is 0.00000121. The molecule has 1 nitrogen and oxygen atoms in total. The summed E-state index contributed by atoms with van der Waals surface area (Å²) in [5.41, 5.74) is 0.272. The average molecular weight is 172 g/mol. The van der Waals surface area contributed by atoms with Gasteiger partial charge in [-0.15, -0.1) is 5.60 Å². The molecule has 0 aliphatic rings. The molecule has 0 aliphatic carbocycles. The topological polar surface area (TPSA) is 23.1 Å². The molecular weight excluding hydrogens is 159 g/mol. The Morgan fingerprint density at radius 3 is 2.08 bits per heavy atom. The second kappa shape index (κ2) is 5.03. The van der Waals surface area contributed by atoms with E-state index in [1.807, 2.05) is 30.3 Å². The van der Waals surface area contributed by atoms with Crippen LogP contribution in [0, 0.1) is 0 Å². The van der Waals surface area contributed by atoms with Crippen LogP contribution in [0.3, 0.4) is 0 Å². The summed E-state index contributed by atoms with van der Waals surface area (Å²) < 4.78 is 0. The molecule has 0 saturated heterocycles. The maximum atomic E-state index is 11.3. The summed E-state index contributed by atoms with van der Waals surface area (Å²) in [7, 11) is 0. The van der Waals surface area contributed by atoms with E-state index in [1.165, 1.54) is 0 Å². The minimum Gasteiger partial charge on any atom is -0.850 e. The summed E-state index contributed by atoms with van der Waals surface area (Å²) >= 11 is 0. The molecule has 1 aromatic carbocycles. The predicted molar refractivity (Wildman–Crippen MR) is 44.2 cm³/mol. The first-order chi connectivity index (χ1) is 5.08. The molecule has 0 unspecified atom stereocenters. The van der Waals surface area contributed by atoms with Crippen LogP contribution in [0.2, 0.25) is 0 Å². The summed E-state index contributed by atoms with van der Waals surface area (Å²) in [5, 5.41) is 11.3. The summed E-state index contributed by atoms with van der Waals surface area (Å²) in [4.78, 5) is 0. The van der Waals surface area contributed by atoms with E-state index in [-0.39, 0.29) is 29.6 Å². The molecule has 0 aliphatic heterocycles. The van der Waals surface area contributed by atoms with Gasteiger partial charge in [0.25, 0.3) is 0 Å². The molecule has 0 radical (unpaired) electrons. The minimum atomic E-state index is -0.846. The molecule has 1 rings (SSSR count). The van der Waals surface area contributed by atoms with Gasteiger partial charge in [0.2, 0.25) is 0 Å². The van der Waals surface area contributed by atoms with Crippen molar-refractivity contribution in [2.45, 2.75) is 25.9 Å². The summed E-state index contributed by atoms with van der Waals surface area (Å²) in [6.45, 7) is 3.42. The van der Waals surface area contributed by atoms with Gasteiger partial charge in [-0.3, -0.25) is 0 Å². The van der Waals surface area contributed by atoms with Crippen LogP contribution in [0.1, 0.15) is 19.4 Å². The Morgan fingerprint density at radius 1 is 1.17 bits per heavy atom. The van der Waals surface area contributed by atoms with Gasteiger partial charge < -0.3 is 5.11 Å². The van der Waals surface area contributed by atoms with Crippen molar-refractivity contribution in [3.05, 3.63) is 35.9 Å². The minimum absolute atomic E-state index is 0. The standard InChI is InChI=1S/C10H13O.Na/c1-10(2,11)8-9-6-4-3-5-7-9;/h3-7H,8H2,1-2H3;/q-1;+1. The first-order valence-electron chi connectivity index (χ1n) is 3.82. The Morgan fingerprint density at radius 2 is 1.67 bits per heavy atom. The van der Waals surface area contributed by atoms with Crippen LogP contribution in [0.15, 0.2) is 30.3 Å². The second-order valence-corrected chi connectivity index (χ2v) is 3.42. The van der Waals surface area contributed by atoms with E-state index in [0.29, 0.717) is 6.42 Å². The fourth-order valence-corrected chi connectivity index (χ4v) is 1.09. The summed E-state index contributed by atoms with van der Waals surface area (Å²) in [6.07, 6.45) is 0.605. The average Bonchev–Trinajstić information content (AvgIpc) is 1.85. The van der Waals surface area contributed by atoms with Crippen molar-refractivity contribution in [3.63, 3.8) is 0 Å². The first kappa shape index (κ1) is 12.2. The SMILES string of the molecule is CC(C)([O-])Cc1ccccc1.[Na+]. The first-order valence-corrected chi connectivity index (χ1v) is 3.82. The molecule has 12 heavy (non-hydrogen) atoms. The van der Waals surface area contributed by atoms with Crippen LogP contribution >= 0.6 is 0 Å². The molecule has 1 aromatic rings. The maximum Gasteiger partial charge on any atom is 1.00 e. The van der Waals surface area contributed by atoms with Gasteiger partial charge >= 0.3 is 29.6 Å². The maximum absolute atomic E-state index is 11.3. The second-order valence-electron chi connectivity index (χ2n) is 3.42. The van der Waals surface area contributed by atoms with Crippen LogP contribution in [0.5, 0.6) is 0 Å². The molecule has 60 valence electrons. The molecular formula is C10H13NaO. The predicted octanol–water partition coefficient (Wildman–Crippen LogP) is -1.63. The Labute approximate surface area is 96.1 Å². The summed E-state index contributed by atoms with van der Waals surface area (Å²) in [6, 6.07) is 9.85. The molecule has 0 amide bonds. The molecule has 0 bridgehead atoms. The normalized spacial score (nSPS) is 10.6. The van der Waals surface area contributed by atoms with Crippen LogP contribution in [-0.4, -0.2) is 5.60 Å². The molecule has 0 N–H and O–H groups in total. The fraction of sp³-hybridized carbons (Fsp3) is 0.400. The van der Waals surface area contributed by atoms with Gasteiger partial charge in [-0.25, -0.2) is 0 Å². The fourth-order valence-electron chi connectivity index (χ4n) is 1.09. The van der Waals surface area contributed by atoms with Gasteiger partial charge in [0.15, 0.2) is 0 Å². The van der Waals surface area contributed by atoms with E-state index < -0.39 is 5.60 Å².